The maximum absolute atomic E-state index is 13.9. The Morgan fingerprint density at radius 1 is 0.465 bits per heavy atom. The zero-order valence-electron chi connectivity index (χ0n) is 51.8. The molecule has 1 heterocycles. The van der Waals surface area contributed by atoms with E-state index in [2.05, 4.69) is 10.6 Å². The summed E-state index contributed by atoms with van der Waals surface area (Å²) >= 11 is 0. The third-order valence-electron chi connectivity index (χ3n) is 10.7. The number of carboxylic acids is 1. The fourth-order valence-electron chi connectivity index (χ4n) is 6.77. The zero-order chi connectivity index (χ0) is 63.4. The van der Waals surface area contributed by atoms with Gasteiger partial charge in [0.2, 0.25) is 11.8 Å². The molecule has 0 unspecified atom stereocenters. The number of nitrogens with zero attached hydrogens (tertiary/aromatic N) is 2. The number of carbonyl (C=O) groups is 7. The molecular formula is C56H100N4O26. The quantitative estimate of drug-likeness (QED) is 0.0417. The van der Waals surface area contributed by atoms with Crippen molar-refractivity contribution in [2.75, 3.05) is 232 Å². The molecule has 0 aromatic carbocycles. The summed E-state index contributed by atoms with van der Waals surface area (Å²) in [6.45, 7) is 21.2. The van der Waals surface area contributed by atoms with Crippen molar-refractivity contribution in [3.8, 4) is 0 Å². The SMILES string of the molecule is COCCOCCOCCOCCOCCOCCOCCOCCOCCOCCOCCOCCOCCOCCOCCOCCNC(=O)[C@H](CCC(=O)O)NC(=O)[C@H](CN(CC(=O)OC(C)(C)C)C(=O)OC(C)(C)C)N1C(=O)C=CC1=O. The van der Waals surface area contributed by atoms with Crippen LogP contribution in [0.1, 0.15) is 54.4 Å². The number of hydrogen-bond donors (Lipinski definition) is 3. The number of aliphatic carboxylic acids is 1. The molecule has 0 aliphatic carbocycles. The second-order valence-corrected chi connectivity index (χ2v) is 20.3. The van der Waals surface area contributed by atoms with Crippen molar-refractivity contribution in [2.45, 2.75) is 77.7 Å². The molecule has 0 spiro atoms. The third kappa shape index (κ3) is 47.5. The Hall–Kier alpha value is -4.61. The van der Waals surface area contributed by atoms with Crippen molar-refractivity contribution in [2.24, 2.45) is 0 Å². The minimum Gasteiger partial charge on any atom is -0.481 e. The highest BCUT2D eigenvalue weighted by Crippen LogP contribution is 2.17. The van der Waals surface area contributed by atoms with Crippen molar-refractivity contribution in [1.29, 1.82) is 0 Å². The van der Waals surface area contributed by atoms with Gasteiger partial charge in [-0.25, -0.2) is 4.79 Å². The number of carboxylic acid groups (broad SMARTS) is 1. The van der Waals surface area contributed by atoms with E-state index in [1.807, 2.05) is 0 Å². The first-order chi connectivity index (χ1) is 41.3. The fraction of sp³-hybridized carbons (Fsp3) is 0.839. The molecule has 1 aliphatic rings. The second-order valence-electron chi connectivity index (χ2n) is 20.3. The lowest BCUT2D eigenvalue weighted by atomic mass is 10.1. The van der Waals surface area contributed by atoms with E-state index in [0.29, 0.717) is 190 Å². The maximum Gasteiger partial charge on any atom is 0.410 e. The predicted octanol–water partition coefficient (Wildman–Crippen LogP) is 0.220. The van der Waals surface area contributed by atoms with E-state index in [9.17, 15) is 38.7 Å². The standard InChI is InChI=1S/C56H100N4O26/c1-55(2,3)85-51(65)45-59(54(68)86-56(4,5)6)44-47(60-48(61)9-10-49(60)62)53(67)58-46(8-11-50(63)64)52(66)57-12-13-70-16-17-72-20-21-74-24-25-76-28-29-78-32-33-80-36-37-82-40-41-84-43-42-83-39-38-81-35-34-79-31-30-77-27-26-75-23-22-73-19-18-71-15-14-69-7/h9-10,46-47H,8,11-45H2,1-7H3,(H,57,66)(H,58,67)(H,63,64)/t46-,47-/m0/s1. The summed E-state index contributed by atoms with van der Waals surface area (Å²) in [6, 6.07) is -3.24. The van der Waals surface area contributed by atoms with E-state index in [-0.39, 0.29) is 32.8 Å². The van der Waals surface area contributed by atoms with Crippen LogP contribution in [0.5, 0.6) is 0 Å². The summed E-state index contributed by atoms with van der Waals surface area (Å²) in [5.74, 6) is -5.81. The van der Waals surface area contributed by atoms with Gasteiger partial charge in [-0.1, -0.05) is 0 Å². The highest BCUT2D eigenvalue weighted by atomic mass is 16.6. The lowest BCUT2D eigenvalue weighted by Gasteiger charge is -2.33. The number of methoxy groups -OCH3 is 1. The van der Waals surface area contributed by atoms with Gasteiger partial charge in [0.25, 0.3) is 11.8 Å². The average molecular weight is 1250 g/mol. The van der Waals surface area contributed by atoms with Crippen molar-refractivity contribution in [1.82, 2.24) is 20.4 Å². The van der Waals surface area contributed by atoms with Crippen LogP contribution in [-0.2, 0) is 114 Å². The number of carbonyl (C=O) groups excluding carboxylic acids is 6. The molecule has 0 fully saturated rings. The van der Waals surface area contributed by atoms with Gasteiger partial charge in [0.05, 0.1) is 211 Å². The molecule has 3 N–H and O–H groups in total. The molecule has 0 radical (unpaired) electrons. The highest BCUT2D eigenvalue weighted by molar-refractivity contribution is 6.15. The van der Waals surface area contributed by atoms with Gasteiger partial charge in [0.15, 0.2) is 0 Å². The lowest BCUT2D eigenvalue weighted by Crippen LogP contribution is -2.59. The molecule has 0 saturated carbocycles. The van der Waals surface area contributed by atoms with Crippen LogP contribution in [0, 0.1) is 0 Å². The Kier molecular flexibility index (Phi) is 48.3. The molecule has 2 atom stereocenters. The molecule has 86 heavy (non-hydrogen) atoms. The Morgan fingerprint density at radius 3 is 1.06 bits per heavy atom. The van der Waals surface area contributed by atoms with Gasteiger partial charge < -0.3 is 101 Å². The van der Waals surface area contributed by atoms with Crippen molar-refractivity contribution >= 4 is 41.7 Å². The van der Waals surface area contributed by atoms with Crippen LogP contribution in [-0.4, -0.2) is 311 Å². The van der Waals surface area contributed by atoms with Crippen LogP contribution >= 0.6 is 0 Å². The van der Waals surface area contributed by atoms with Crippen molar-refractivity contribution < 1.29 is 124 Å². The summed E-state index contributed by atoms with van der Waals surface area (Å²) in [7, 11) is 1.63. The number of rotatable bonds is 59. The van der Waals surface area contributed by atoms with Gasteiger partial charge in [-0.05, 0) is 48.0 Å². The van der Waals surface area contributed by atoms with Crippen LogP contribution < -0.4 is 10.6 Å². The van der Waals surface area contributed by atoms with Gasteiger partial charge in [0.1, 0.15) is 29.8 Å². The zero-order valence-corrected chi connectivity index (χ0v) is 51.8. The molecular weight excluding hydrogens is 1140 g/mol. The van der Waals surface area contributed by atoms with Gasteiger partial charge >= 0.3 is 18.0 Å². The monoisotopic (exact) mass is 1240 g/mol. The molecule has 5 amide bonds. The topological polar surface area (TPSA) is 336 Å². The van der Waals surface area contributed by atoms with Crippen LogP contribution in [0.25, 0.3) is 0 Å². The summed E-state index contributed by atoms with van der Waals surface area (Å²) in [4.78, 5) is 92.0. The van der Waals surface area contributed by atoms with Crippen molar-refractivity contribution in [3.63, 3.8) is 0 Å². The van der Waals surface area contributed by atoms with Gasteiger partial charge in [-0.2, -0.15) is 0 Å². The highest BCUT2D eigenvalue weighted by Gasteiger charge is 2.41. The molecule has 30 heteroatoms. The Bertz CT molecular complexity index is 1800. The van der Waals surface area contributed by atoms with E-state index in [4.69, 9.17) is 85.3 Å². The first-order valence-electron chi connectivity index (χ1n) is 29.0. The van der Waals surface area contributed by atoms with E-state index in [1.54, 1.807) is 48.7 Å². The van der Waals surface area contributed by atoms with Gasteiger partial charge in [-0.15, -0.1) is 0 Å². The smallest absolute Gasteiger partial charge is 0.410 e. The average Bonchev–Trinajstić information content (AvgIpc) is 2.09. The molecule has 0 aromatic rings. The first-order valence-corrected chi connectivity index (χ1v) is 29.0. The van der Waals surface area contributed by atoms with E-state index < -0.39 is 84.5 Å². The Labute approximate surface area is 506 Å². The van der Waals surface area contributed by atoms with Crippen LogP contribution in [0.4, 0.5) is 4.79 Å². The number of amides is 5. The predicted molar refractivity (Wildman–Crippen MR) is 304 cm³/mol. The van der Waals surface area contributed by atoms with Gasteiger partial charge in [0, 0.05) is 32.2 Å². The summed E-state index contributed by atoms with van der Waals surface area (Å²) in [5, 5.41) is 14.4. The normalized spacial score (nSPS) is 13.3. The van der Waals surface area contributed by atoms with Crippen molar-refractivity contribution in [3.05, 3.63) is 12.2 Å². The van der Waals surface area contributed by atoms with E-state index in [1.165, 1.54) is 0 Å². The minimum atomic E-state index is -1.78. The minimum absolute atomic E-state index is 0.0330. The van der Waals surface area contributed by atoms with Crippen LogP contribution in [0.2, 0.25) is 0 Å². The molecule has 0 bridgehead atoms. The Balaban J connectivity index is 2.05. The fourth-order valence-corrected chi connectivity index (χ4v) is 6.77. The van der Waals surface area contributed by atoms with E-state index >= 15 is 0 Å². The summed E-state index contributed by atoms with van der Waals surface area (Å²) in [5.41, 5.74) is -2.00. The number of ether oxygens (including phenoxy) is 18. The maximum atomic E-state index is 13.9. The summed E-state index contributed by atoms with van der Waals surface area (Å²) in [6.07, 6.45) is -0.139. The van der Waals surface area contributed by atoms with Crippen LogP contribution in [0.15, 0.2) is 12.2 Å². The molecule has 0 saturated heterocycles. The first kappa shape index (κ1) is 79.4. The molecule has 0 aromatic heterocycles. The number of imide groups is 1. The third-order valence-corrected chi connectivity index (χ3v) is 10.7. The van der Waals surface area contributed by atoms with Crippen LogP contribution in [0.3, 0.4) is 0 Å². The molecule has 500 valence electrons. The number of nitrogens with one attached hydrogen (secondary N) is 2. The summed E-state index contributed by atoms with van der Waals surface area (Å²) < 4.78 is 97.9. The molecule has 1 rings (SSSR count). The number of hydrogen-bond acceptors (Lipinski definition) is 25. The lowest BCUT2D eigenvalue weighted by molar-refractivity contribution is -0.156. The molecule has 30 nitrogen and oxygen atoms in total. The van der Waals surface area contributed by atoms with Gasteiger partial charge in [-0.3, -0.25) is 38.6 Å². The second kappa shape index (κ2) is 52.3. The molecule has 1 aliphatic heterocycles. The largest absolute Gasteiger partial charge is 0.481 e. The number of esters is 1. The Morgan fingerprint density at radius 2 is 0.767 bits per heavy atom. The van der Waals surface area contributed by atoms with E-state index in [0.717, 1.165) is 17.1 Å².